The van der Waals surface area contributed by atoms with E-state index in [1.54, 1.807) is 12.4 Å². The van der Waals surface area contributed by atoms with Crippen molar-refractivity contribution in [3.8, 4) is 11.3 Å². The van der Waals surface area contributed by atoms with E-state index >= 15 is 0 Å². The van der Waals surface area contributed by atoms with Crippen molar-refractivity contribution in [2.75, 3.05) is 6.54 Å². The fraction of sp³-hybridized carbons (Fsp3) is 0.348. The molecule has 1 atom stereocenters. The van der Waals surface area contributed by atoms with E-state index in [-0.39, 0.29) is 0 Å². The number of benzene rings is 1. The topological polar surface area (TPSA) is 80.0 Å². The van der Waals surface area contributed by atoms with Crippen LogP contribution in [0.15, 0.2) is 61.1 Å². The van der Waals surface area contributed by atoms with Gasteiger partial charge in [-0.25, -0.2) is 0 Å². The van der Waals surface area contributed by atoms with Crippen LogP contribution in [0.5, 0.6) is 0 Å². The molecule has 0 bridgehead atoms. The number of rotatable bonds is 10. The van der Waals surface area contributed by atoms with Crippen LogP contribution in [0.3, 0.4) is 0 Å². The van der Waals surface area contributed by atoms with Crippen molar-refractivity contribution in [2.24, 2.45) is 11.8 Å². The molecule has 3 rings (SSSR count). The van der Waals surface area contributed by atoms with Crippen molar-refractivity contribution in [3.63, 3.8) is 0 Å². The molecule has 0 saturated carbocycles. The molecule has 6 heteroatoms. The summed E-state index contributed by atoms with van der Waals surface area (Å²) in [6.07, 6.45) is 6.23. The number of carboxylic acid groups (broad SMARTS) is 1. The molecule has 2 aromatic heterocycles. The molecule has 0 spiro atoms. The maximum atomic E-state index is 11.5. The van der Waals surface area contributed by atoms with Gasteiger partial charge < -0.3 is 10.4 Å². The van der Waals surface area contributed by atoms with Gasteiger partial charge in [0.15, 0.2) is 0 Å². The summed E-state index contributed by atoms with van der Waals surface area (Å²) in [6, 6.07) is 14.1. The lowest BCUT2D eigenvalue weighted by atomic mass is 9.97. The third kappa shape index (κ3) is 5.99. The quantitative estimate of drug-likeness (QED) is 0.548. The van der Waals surface area contributed by atoms with Crippen LogP contribution >= 0.6 is 0 Å². The first-order valence-corrected chi connectivity index (χ1v) is 9.97. The number of carboxylic acids is 1. The van der Waals surface area contributed by atoms with E-state index in [4.69, 9.17) is 5.10 Å². The molecule has 0 aliphatic carbocycles. The van der Waals surface area contributed by atoms with Gasteiger partial charge in [-0.1, -0.05) is 44.2 Å². The van der Waals surface area contributed by atoms with Crippen LogP contribution in [0.25, 0.3) is 11.3 Å². The lowest BCUT2D eigenvalue weighted by molar-refractivity contribution is -0.142. The van der Waals surface area contributed by atoms with Crippen LogP contribution in [0.4, 0.5) is 0 Å². The van der Waals surface area contributed by atoms with Gasteiger partial charge in [0.05, 0.1) is 18.2 Å². The second-order valence-electron chi connectivity index (χ2n) is 7.72. The first kappa shape index (κ1) is 20.7. The second kappa shape index (κ2) is 9.98. The molecule has 0 saturated heterocycles. The summed E-state index contributed by atoms with van der Waals surface area (Å²) in [7, 11) is 0. The molecule has 29 heavy (non-hydrogen) atoms. The third-order valence-corrected chi connectivity index (χ3v) is 4.77. The highest BCUT2D eigenvalue weighted by molar-refractivity contribution is 5.70. The van der Waals surface area contributed by atoms with E-state index in [2.05, 4.69) is 22.4 Å². The molecular weight excluding hydrogens is 364 g/mol. The van der Waals surface area contributed by atoms with Crippen LogP contribution in [-0.4, -0.2) is 32.4 Å². The fourth-order valence-electron chi connectivity index (χ4n) is 3.41. The first-order valence-electron chi connectivity index (χ1n) is 9.97. The maximum absolute atomic E-state index is 11.5. The Kier molecular flexibility index (Phi) is 7.14. The zero-order chi connectivity index (χ0) is 20.6. The number of hydrogen-bond acceptors (Lipinski definition) is 4. The smallest absolute Gasteiger partial charge is 0.307 e. The van der Waals surface area contributed by atoms with Crippen molar-refractivity contribution in [3.05, 3.63) is 72.2 Å². The molecule has 0 aliphatic rings. The molecule has 2 heterocycles. The van der Waals surface area contributed by atoms with Gasteiger partial charge in [0.25, 0.3) is 0 Å². The van der Waals surface area contributed by atoms with Crippen LogP contribution < -0.4 is 5.32 Å². The van der Waals surface area contributed by atoms with E-state index in [0.717, 1.165) is 16.8 Å². The van der Waals surface area contributed by atoms with E-state index < -0.39 is 11.9 Å². The SMILES string of the molecule is CC(C)CC(CNCc1cn(Cc2ccccc2)nc1-c1cccnc1)C(=O)O. The number of pyridine rings is 1. The fourth-order valence-corrected chi connectivity index (χ4v) is 3.41. The minimum atomic E-state index is -0.751. The van der Waals surface area contributed by atoms with E-state index in [1.807, 2.05) is 55.1 Å². The van der Waals surface area contributed by atoms with Crippen LogP contribution in [-0.2, 0) is 17.9 Å². The summed E-state index contributed by atoms with van der Waals surface area (Å²) in [5, 5.41) is 17.6. The Bertz CT molecular complexity index is 907. The van der Waals surface area contributed by atoms with Crippen molar-refractivity contribution in [2.45, 2.75) is 33.4 Å². The standard InChI is InChI=1S/C23H28N4O2/c1-17(2)11-20(23(28)29)13-25-14-21-16-27(15-18-7-4-3-5-8-18)26-22(21)19-9-6-10-24-12-19/h3-10,12,16-17,20,25H,11,13-15H2,1-2H3,(H,28,29). The molecule has 3 aromatic rings. The molecule has 6 nitrogen and oxygen atoms in total. The van der Waals surface area contributed by atoms with Crippen LogP contribution in [0, 0.1) is 11.8 Å². The Morgan fingerprint density at radius 3 is 2.62 bits per heavy atom. The monoisotopic (exact) mass is 392 g/mol. The summed E-state index contributed by atoms with van der Waals surface area (Å²) in [5.41, 5.74) is 4.03. The van der Waals surface area contributed by atoms with Gasteiger partial charge in [0.1, 0.15) is 0 Å². The summed E-state index contributed by atoms with van der Waals surface area (Å²) < 4.78 is 1.93. The molecule has 0 amide bonds. The summed E-state index contributed by atoms with van der Waals surface area (Å²) >= 11 is 0. The second-order valence-corrected chi connectivity index (χ2v) is 7.72. The van der Waals surface area contributed by atoms with Gasteiger partial charge in [-0.15, -0.1) is 0 Å². The lowest BCUT2D eigenvalue weighted by Crippen LogP contribution is -2.29. The number of aliphatic carboxylic acids is 1. The molecule has 152 valence electrons. The van der Waals surface area contributed by atoms with Gasteiger partial charge in [-0.2, -0.15) is 5.10 Å². The Morgan fingerprint density at radius 1 is 1.17 bits per heavy atom. The van der Waals surface area contributed by atoms with Gasteiger partial charge >= 0.3 is 5.97 Å². The molecule has 0 radical (unpaired) electrons. The summed E-state index contributed by atoms with van der Waals surface area (Å²) in [4.78, 5) is 15.7. The Balaban J connectivity index is 1.76. The van der Waals surface area contributed by atoms with Gasteiger partial charge in [0.2, 0.25) is 0 Å². The van der Waals surface area contributed by atoms with Gasteiger partial charge in [0, 0.05) is 42.8 Å². The van der Waals surface area contributed by atoms with Gasteiger partial charge in [-0.05, 0) is 30.0 Å². The Labute approximate surface area is 171 Å². The molecule has 0 fully saturated rings. The summed E-state index contributed by atoms with van der Waals surface area (Å²) in [5.74, 6) is -0.799. The minimum Gasteiger partial charge on any atom is -0.481 e. The van der Waals surface area contributed by atoms with E-state index in [1.165, 1.54) is 5.56 Å². The Hall–Kier alpha value is -2.99. The Morgan fingerprint density at radius 2 is 1.97 bits per heavy atom. The highest BCUT2D eigenvalue weighted by atomic mass is 16.4. The first-order chi connectivity index (χ1) is 14.0. The highest BCUT2D eigenvalue weighted by Crippen LogP contribution is 2.22. The molecule has 1 unspecified atom stereocenters. The van der Waals surface area contributed by atoms with E-state index in [0.29, 0.717) is 32.0 Å². The van der Waals surface area contributed by atoms with E-state index in [9.17, 15) is 9.90 Å². The van der Waals surface area contributed by atoms with Crippen molar-refractivity contribution in [1.82, 2.24) is 20.1 Å². The zero-order valence-corrected chi connectivity index (χ0v) is 17.0. The predicted molar refractivity (Wildman–Crippen MR) is 113 cm³/mol. The third-order valence-electron chi connectivity index (χ3n) is 4.77. The number of hydrogen-bond donors (Lipinski definition) is 2. The molecule has 1 aromatic carbocycles. The number of aromatic nitrogens is 3. The number of nitrogens with one attached hydrogen (secondary N) is 1. The van der Waals surface area contributed by atoms with Crippen molar-refractivity contribution in [1.29, 1.82) is 0 Å². The van der Waals surface area contributed by atoms with Crippen molar-refractivity contribution < 1.29 is 9.90 Å². The van der Waals surface area contributed by atoms with Crippen LogP contribution in [0.2, 0.25) is 0 Å². The minimum absolute atomic E-state index is 0.345. The van der Waals surface area contributed by atoms with Crippen molar-refractivity contribution >= 4 is 5.97 Å². The predicted octanol–water partition coefficient (Wildman–Crippen LogP) is 3.83. The molecule has 0 aliphatic heterocycles. The maximum Gasteiger partial charge on any atom is 0.307 e. The number of carbonyl (C=O) groups is 1. The zero-order valence-electron chi connectivity index (χ0n) is 17.0. The normalized spacial score (nSPS) is 12.2. The van der Waals surface area contributed by atoms with Gasteiger partial charge in [-0.3, -0.25) is 14.5 Å². The largest absolute Gasteiger partial charge is 0.481 e. The average Bonchev–Trinajstić information content (AvgIpc) is 3.11. The molecular formula is C23H28N4O2. The molecule has 2 N–H and O–H groups in total. The highest BCUT2D eigenvalue weighted by Gasteiger charge is 2.19. The lowest BCUT2D eigenvalue weighted by Gasteiger charge is -2.15. The van der Waals surface area contributed by atoms with Crippen LogP contribution in [0.1, 0.15) is 31.4 Å². The summed E-state index contributed by atoms with van der Waals surface area (Å²) in [6.45, 7) is 5.76. The number of nitrogens with zero attached hydrogens (tertiary/aromatic N) is 3. The average molecular weight is 393 g/mol.